The van der Waals surface area contributed by atoms with Crippen molar-refractivity contribution in [3.8, 4) is 0 Å². The zero-order valence-electron chi connectivity index (χ0n) is 13.0. The Balaban J connectivity index is 3.67. The summed E-state index contributed by atoms with van der Waals surface area (Å²) in [5.74, 6) is 0. The van der Waals surface area contributed by atoms with Crippen molar-refractivity contribution in [1.29, 1.82) is 0 Å². The summed E-state index contributed by atoms with van der Waals surface area (Å²) in [6, 6.07) is 1.10. The van der Waals surface area contributed by atoms with Gasteiger partial charge in [-0.2, -0.15) is 0 Å². The van der Waals surface area contributed by atoms with E-state index in [0.717, 1.165) is 0 Å². The van der Waals surface area contributed by atoms with Gasteiger partial charge in [-0.3, -0.25) is 0 Å². The Bertz CT molecular complexity index is 377. The monoisotopic (exact) mass is 253 g/mol. The first-order valence-corrected chi connectivity index (χ1v) is 10.2. The van der Waals surface area contributed by atoms with Gasteiger partial charge < -0.3 is 0 Å². The normalized spacial score (nSPS) is 12.9. The van der Waals surface area contributed by atoms with Gasteiger partial charge in [0.15, 0.2) is 8.07 Å². The van der Waals surface area contributed by atoms with Crippen LogP contribution >= 0.6 is 0 Å². The second kappa shape index (κ2) is 4.60. The van der Waals surface area contributed by atoms with Gasteiger partial charge >= 0.3 is 0 Å². The summed E-state index contributed by atoms with van der Waals surface area (Å²) >= 11 is 0. The van der Waals surface area contributed by atoms with E-state index in [2.05, 4.69) is 70.3 Å². The zero-order chi connectivity index (χ0) is 13.5. The molecule has 0 saturated heterocycles. The van der Waals surface area contributed by atoms with Gasteiger partial charge in [0.05, 0.1) is 12.1 Å². The van der Waals surface area contributed by atoms with Crippen LogP contribution in [0.25, 0.3) is 0 Å². The van der Waals surface area contributed by atoms with Crippen LogP contribution in [0.4, 0.5) is 0 Å². The minimum Gasteiger partial charge on any atom is -0.235 e. The number of nitrogens with zero attached hydrogens (tertiary/aromatic N) is 2. The molecule has 1 rings (SSSR count). The number of rotatable bonds is 3. The summed E-state index contributed by atoms with van der Waals surface area (Å²) in [4.78, 5) is 0. The zero-order valence-corrected chi connectivity index (χ0v) is 14.0. The van der Waals surface area contributed by atoms with Gasteiger partial charge in [0.25, 0.3) is 0 Å². The van der Waals surface area contributed by atoms with Crippen molar-refractivity contribution < 1.29 is 4.57 Å². The van der Waals surface area contributed by atoms with E-state index >= 15 is 0 Å². The molecule has 1 aromatic heterocycles. The van der Waals surface area contributed by atoms with Gasteiger partial charge in [0.2, 0.25) is 5.45 Å². The maximum absolute atomic E-state index is 2.56. The second-order valence-electron chi connectivity index (χ2n) is 6.67. The van der Waals surface area contributed by atoms with Crippen molar-refractivity contribution in [1.82, 2.24) is 4.57 Å². The summed E-state index contributed by atoms with van der Waals surface area (Å²) in [6.07, 6.45) is 0. The maximum Gasteiger partial charge on any atom is 0.221 e. The van der Waals surface area contributed by atoms with Crippen LogP contribution < -0.4 is 10.0 Å². The highest BCUT2D eigenvalue weighted by Crippen LogP contribution is 2.15. The Hall–Kier alpha value is -0.573. The fraction of sp³-hybridized carbons (Fsp3) is 0.786. The Morgan fingerprint density at radius 2 is 1.47 bits per heavy atom. The van der Waals surface area contributed by atoms with Gasteiger partial charge in [-0.25, -0.2) is 9.13 Å². The Morgan fingerprint density at radius 3 is 1.76 bits per heavy atom. The van der Waals surface area contributed by atoms with E-state index in [9.17, 15) is 0 Å². The predicted molar refractivity (Wildman–Crippen MR) is 77.9 cm³/mol. The maximum atomic E-state index is 2.56. The van der Waals surface area contributed by atoms with Gasteiger partial charge in [-0.05, 0) is 27.7 Å². The Kier molecular flexibility index (Phi) is 3.92. The molecule has 0 fully saturated rings. The first-order chi connectivity index (χ1) is 7.59. The highest BCUT2D eigenvalue weighted by Gasteiger charge is 2.38. The molecule has 0 spiro atoms. The fourth-order valence-corrected chi connectivity index (χ4v) is 5.07. The van der Waals surface area contributed by atoms with Crippen molar-refractivity contribution >= 4 is 13.5 Å². The molecule has 0 saturated carbocycles. The molecule has 0 aliphatic heterocycles. The molecular formula is C14H29N2Si+. The van der Waals surface area contributed by atoms with E-state index in [1.54, 1.807) is 5.45 Å². The van der Waals surface area contributed by atoms with Crippen molar-refractivity contribution in [3.05, 3.63) is 11.4 Å². The molecule has 0 unspecified atom stereocenters. The molecule has 0 amide bonds. The molecule has 0 N–H and O–H groups in total. The summed E-state index contributed by atoms with van der Waals surface area (Å²) < 4.78 is 5.11. The summed E-state index contributed by atoms with van der Waals surface area (Å²) in [6.45, 7) is 21.0. The van der Waals surface area contributed by atoms with Crippen LogP contribution in [0.15, 0.2) is 0 Å². The lowest BCUT2D eigenvalue weighted by Gasteiger charge is -2.19. The topological polar surface area (TPSA) is 8.81 Å². The molecule has 1 aromatic rings. The molecule has 0 aromatic carbocycles. The third-order valence-electron chi connectivity index (χ3n) is 3.41. The standard InChI is InChI=1S/C14H29N2Si/c1-10(2)15-12(5)13(6)16(11(3)4)14(15)17(7,8)9/h10-11H,1-9H3/q+1. The van der Waals surface area contributed by atoms with Crippen LogP contribution in [-0.4, -0.2) is 12.6 Å². The minimum atomic E-state index is -1.33. The lowest BCUT2D eigenvalue weighted by molar-refractivity contribution is -0.705. The highest BCUT2D eigenvalue weighted by atomic mass is 28.3. The van der Waals surface area contributed by atoms with Crippen molar-refractivity contribution in [3.63, 3.8) is 0 Å². The first-order valence-electron chi connectivity index (χ1n) is 6.72. The van der Waals surface area contributed by atoms with E-state index in [0.29, 0.717) is 12.1 Å². The molecule has 1 heterocycles. The third-order valence-corrected chi connectivity index (χ3v) is 5.23. The molecule has 0 radical (unpaired) electrons. The average Bonchev–Trinajstić information content (AvgIpc) is 2.39. The van der Waals surface area contributed by atoms with Crippen LogP contribution in [0.1, 0.15) is 51.2 Å². The SMILES string of the molecule is Cc1c(C)[n+](C(C)C)c([Si](C)(C)C)n1C(C)C. The van der Waals surface area contributed by atoms with Crippen molar-refractivity contribution in [2.24, 2.45) is 0 Å². The lowest BCUT2D eigenvalue weighted by atomic mass is 10.3. The largest absolute Gasteiger partial charge is 0.235 e. The quantitative estimate of drug-likeness (QED) is 0.578. The third kappa shape index (κ3) is 2.49. The smallest absolute Gasteiger partial charge is 0.221 e. The van der Waals surface area contributed by atoms with Crippen LogP contribution in [0.3, 0.4) is 0 Å². The van der Waals surface area contributed by atoms with E-state index in [1.807, 2.05) is 0 Å². The number of hydrogen-bond donors (Lipinski definition) is 0. The molecule has 17 heavy (non-hydrogen) atoms. The summed E-state index contributed by atoms with van der Waals surface area (Å²) in [7, 11) is -1.33. The van der Waals surface area contributed by atoms with E-state index in [1.165, 1.54) is 11.4 Å². The van der Waals surface area contributed by atoms with Crippen molar-refractivity contribution in [2.75, 3.05) is 0 Å². The molecule has 0 atom stereocenters. The first kappa shape index (κ1) is 14.5. The molecule has 0 aliphatic rings. The van der Waals surface area contributed by atoms with Gasteiger partial charge in [0, 0.05) is 13.8 Å². The molecule has 0 bridgehead atoms. The number of hydrogen-bond acceptors (Lipinski definition) is 0. The molecule has 0 aliphatic carbocycles. The molecule has 98 valence electrons. The van der Waals surface area contributed by atoms with Gasteiger partial charge in [-0.1, -0.05) is 19.6 Å². The van der Waals surface area contributed by atoms with Crippen molar-refractivity contribution in [2.45, 2.75) is 73.3 Å². The fourth-order valence-electron chi connectivity index (χ4n) is 2.77. The Morgan fingerprint density at radius 1 is 1.00 bits per heavy atom. The van der Waals surface area contributed by atoms with E-state index < -0.39 is 8.07 Å². The van der Waals surface area contributed by atoms with Crippen LogP contribution in [-0.2, 0) is 0 Å². The summed E-state index contributed by atoms with van der Waals surface area (Å²) in [5, 5.41) is 0. The average molecular weight is 253 g/mol. The number of imidazole rings is 1. The highest BCUT2D eigenvalue weighted by molar-refractivity contribution is 6.87. The predicted octanol–water partition coefficient (Wildman–Crippen LogP) is 3.10. The van der Waals surface area contributed by atoms with Crippen LogP contribution in [0.5, 0.6) is 0 Å². The van der Waals surface area contributed by atoms with Crippen LogP contribution in [0, 0.1) is 13.8 Å². The second-order valence-corrected chi connectivity index (χ2v) is 11.6. The van der Waals surface area contributed by atoms with E-state index in [-0.39, 0.29) is 0 Å². The molecule has 3 heteroatoms. The summed E-state index contributed by atoms with van der Waals surface area (Å²) in [5.41, 5.74) is 4.45. The molecular weight excluding hydrogens is 224 g/mol. The molecule has 2 nitrogen and oxygen atoms in total. The number of aromatic nitrogens is 2. The lowest BCUT2D eigenvalue weighted by Crippen LogP contribution is -2.63. The van der Waals surface area contributed by atoms with E-state index in [4.69, 9.17) is 0 Å². The van der Waals surface area contributed by atoms with Gasteiger partial charge in [0.1, 0.15) is 11.4 Å². The Labute approximate surface area is 108 Å². The minimum absolute atomic E-state index is 0.551. The van der Waals surface area contributed by atoms with Crippen LogP contribution in [0.2, 0.25) is 19.6 Å². The van der Waals surface area contributed by atoms with Gasteiger partial charge in [-0.15, -0.1) is 0 Å².